The molecule has 0 aliphatic carbocycles. The van der Waals surface area contributed by atoms with E-state index in [0.717, 1.165) is 37.6 Å². The molecule has 0 atom stereocenters. The van der Waals surface area contributed by atoms with Gasteiger partial charge in [-0.3, -0.25) is 4.79 Å². The third-order valence-corrected chi connectivity index (χ3v) is 7.09. The molecule has 0 bridgehead atoms. The number of carbonyl (C=O) groups excluding carboxylic acids is 1. The smallest absolute Gasteiger partial charge is 0.271 e. The molecular formula is C24H18N4OS2. The Hall–Kier alpha value is -3.42. The first-order chi connectivity index (χ1) is 15.3. The average molecular weight is 443 g/mol. The molecule has 0 fully saturated rings. The minimum absolute atomic E-state index is 0.235. The standard InChI is InChI=1S/C24H18N4OS2/c29-23(28-26-14-18-13-25-20-6-2-1-5-19(18)20)17-11-9-16(10-12-17)15-30-24-27-21-7-3-4-8-22(21)31-24/h1-14,25H,15H2,(H,28,29)/b26-14+. The van der Waals surface area contributed by atoms with Crippen LogP contribution in [0.4, 0.5) is 0 Å². The number of para-hydroxylation sites is 2. The molecule has 7 heteroatoms. The molecule has 1 amide bonds. The first-order valence-electron chi connectivity index (χ1n) is 9.73. The minimum Gasteiger partial charge on any atom is -0.361 e. The number of thiazole rings is 1. The van der Waals surface area contributed by atoms with Crippen molar-refractivity contribution in [3.63, 3.8) is 0 Å². The van der Waals surface area contributed by atoms with E-state index in [1.807, 2.05) is 72.9 Å². The van der Waals surface area contributed by atoms with Crippen molar-refractivity contribution in [1.82, 2.24) is 15.4 Å². The predicted molar refractivity (Wildman–Crippen MR) is 129 cm³/mol. The van der Waals surface area contributed by atoms with Crippen LogP contribution >= 0.6 is 23.1 Å². The largest absolute Gasteiger partial charge is 0.361 e. The Bertz CT molecular complexity index is 1350. The quantitative estimate of drug-likeness (QED) is 0.197. The van der Waals surface area contributed by atoms with E-state index in [1.54, 1.807) is 29.3 Å². The molecule has 0 aliphatic heterocycles. The number of carbonyl (C=O) groups is 1. The maximum absolute atomic E-state index is 12.4. The highest BCUT2D eigenvalue weighted by molar-refractivity contribution is 8.00. The highest BCUT2D eigenvalue weighted by atomic mass is 32.2. The minimum atomic E-state index is -0.235. The van der Waals surface area contributed by atoms with Crippen molar-refractivity contribution in [3.8, 4) is 0 Å². The highest BCUT2D eigenvalue weighted by Gasteiger charge is 2.07. The molecular weight excluding hydrogens is 424 g/mol. The van der Waals surface area contributed by atoms with E-state index in [0.29, 0.717) is 5.56 Å². The molecule has 2 heterocycles. The molecule has 0 unspecified atom stereocenters. The van der Waals surface area contributed by atoms with Crippen molar-refractivity contribution < 1.29 is 4.79 Å². The third kappa shape index (κ3) is 4.38. The van der Waals surface area contributed by atoms with Gasteiger partial charge in [0.25, 0.3) is 5.91 Å². The fourth-order valence-corrected chi connectivity index (χ4v) is 5.26. The van der Waals surface area contributed by atoms with E-state index in [2.05, 4.69) is 26.6 Å². The number of hydrazone groups is 1. The van der Waals surface area contributed by atoms with Crippen molar-refractivity contribution in [2.75, 3.05) is 0 Å². The van der Waals surface area contributed by atoms with Crippen LogP contribution in [0.1, 0.15) is 21.5 Å². The van der Waals surface area contributed by atoms with Crippen LogP contribution in [-0.4, -0.2) is 22.1 Å². The molecule has 152 valence electrons. The summed E-state index contributed by atoms with van der Waals surface area (Å²) < 4.78 is 2.25. The second kappa shape index (κ2) is 8.75. The first kappa shape index (κ1) is 19.5. The van der Waals surface area contributed by atoms with Crippen molar-refractivity contribution in [3.05, 3.63) is 95.7 Å². The van der Waals surface area contributed by atoms with Crippen molar-refractivity contribution in [1.29, 1.82) is 0 Å². The summed E-state index contributed by atoms with van der Waals surface area (Å²) >= 11 is 3.41. The lowest BCUT2D eigenvalue weighted by molar-refractivity contribution is 0.0955. The summed E-state index contributed by atoms with van der Waals surface area (Å²) in [6.07, 6.45) is 3.53. The summed E-state index contributed by atoms with van der Waals surface area (Å²) in [5, 5.41) is 5.17. The Morgan fingerprint density at radius 1 is 1.06 bits per heavy atom. The first-order valence-corrected chi connectivity index (χ1v) is 11.5. The lowest BCUT2D eigenvalue weighted by atomic mass is 10.1. The van der Waals surface area contributed by atoms with Gasteiger partial charge in [0.2, 0.25) is 0 Å². The molecule has 3 aromatic carbocycles. The molecule has 2 aromatic heterocycles. The second-order valence-electron chi connectivity index (χ2n) is 6.92. The summed E-state index contributed by atoms with van der Waals surface area (Å²) in [5.74, 6) is 0.571. The summed E-state index contributed by atoms with van der Waals surface area (Å²) in [6.45, 7) is 0. The van der Waals surface area contributed by atoms with Gasteiger partial charge in [-0.2, -0.15) is 5.10 Å². The van der Waals surface area contributed by atoms with Gasteiger partial charge >= 0.3 is 0 Å². The lowest BCUT2D eigenvalue weighted by Gasteiger charge is -2.02. The summed E-state index contributed by atoms with van der Waals surface area (Å²) in [6, 6.07) is 23.7. The third-order valence-electron chi connectivity index (χ3n) is 4.84. The van der Waals surface area contributed by atoms with Gasteiger partial charge in [-0.15, -0.1) is 11.3 Å². The SMILES string of the molecule is O=C(N/N=C/c1c[nH]c2ccccc12)c1ccc(CSc2nc3ccccc3s2)cc1. The van der Waals surface area contributed by atoms with Crippen LogP contribution in [0.3, 0.4) is 0 Å². The number of nitrogens with zero attached hydrogens (tertiary/aromatic N) is 2. The Kier molecular flexibility index (Phi) is 5.52. The van der Waals surface area contributed by atoms with E-state index in [1.165, 1.54) is 4.70 Å². The number of benzene rings is 3. The van der Waals surface area contributed by atoms with Crippen molar-refractivity contribution in [2.45, 2.75) is 10.1 Å². The zero-order valence-electron chi connectivity index (χ0n) is 16.4. The Labute approximate surface area is 187 Å². The summed E-state index contributed by atoms with van der Waals surface area (Å²) in [7, 11) is 0. The highest BCUT2D eigenvalue weighted by Crippen LogP contribution is 2.31. The topological polar surface area (TPSA) is 70.1 Å². The number of nitrogens with one attached hydrogen (secondary N) is 2. The molecule has 2 N–H and O–H groups in total. The van der Waals surface area contributed by atoms with Crippen LogP contribution in [-0.2, 0) is 5.75 Å². The maximum Gasteiger partial charge on any atom is 0.271 e. The van der Waals surface area contributed by atoms with Gasteiger partial charge in [0, 0.05) is 34.0 Å². The number of thioether (sulfide) groups is 1. The van der Waals surface area contributed by atoms with Crippen molar-refractivity contribution >= 4 is 56.3 Å². The van der Waals surface area contributed by atoms with E-state index >= 15 is 0 Å². The Morgan fingerprint density at radius 3 is 2.74 bits per heavy atom. The Balaban J connectivity index is 1.18. The van der Waals surface area contributed by atoms with Crippen LogP contribution < -0.4 is 5.43 Å². The number of rotatable bonds is 6. The normalized spacial score (nSPS) is 11.5. The second-order valence-corrected chi connectivity index (χ2v) is 9.17. The molecule has 0 saturated heterocycles. The number of hydrogen-bond donors (Lipinski definition) is 2. The fourth-order valence-electron chi connectivity index (χ4n) is 3.24. The number of amides is 1. The van der Waals surface area contributed by atoms with Crippen LogP contribution in [0, 0.1) is 0 Å². The van der Waals surface area contributed by atoms with E-state index in [9.17, 15) is 4.79 Å². The maximum atomic E-state index is 12.4. The number of fused-ring (bicyclic) bond motifs is 2. The van der Waals surface area contributed by atoms with E-state index in [4.69, 9.17) is 0 Å². The molecule has 31 heavy (non-hydrogen) atoms. The van der Waals surface area contributed by atoms with Crippen LogP contribution in [0.25, 0.3) is 21.1 Å². The van der Waals surface area contributed by atoms with Gasteiger partial charge in [0.1, 0.15) is 0 Å². The number of aromatic amines is 1. The number of hydrogen-bond acceptors (Lipinski definition) is 5. The molecule has 0 spiro atoms. The van der Waals surface area contributed by atoms with E-state index < -0.39 is 0 Å². The summed E-state index contributed by atoms with van der Waals surface area (Å²) in [5.41, 5.74) is 7.32. The monoisotopic (exact) mass is 442 g/mol. The molecule has 5 aromatic rings. The van der Waals surface area contributed by atoms with Gasteiger partial charge < -0.3 is 4.98 Å². The Morgan fingerprint density at radius 2 is 1.87 bits per heavy atom. The van der Waals surface area contributed by atoms with E-state index in [-0.39, 0.29) is 5.91 Å². The number of H-pyrrole nitrogens is 1. The summed E-state index contributed by atoms with van der Waals surface area (Å²) in [4.78, 5) is 20.2. The van der Waals surface area contributed by atoms with Gasteiger partial charge in [-0.1, -0.05) is 54.2 Å². The zero-order chi connectivity index (χ0) is 21.0. The van der Waals surface area contributed by atoms with Crippen LogP contribution in [0.15, 0.2) is 88.4 Å². The van der Waals surface area contributed by atoms with Gasteiger partial charge in [0.05, 0.1) is 16.4 Å². The molecule has 0 radical (unpaired) electrons. The lowest BCUT2D eigenvalue weighted by Crippen LogP contribution is -2.17. The van der Waals surface area contributed by atoms with Crippen LogP contribution in [0.2, 0.25) is 0 Å². The molecule has 0 saturated carbocycles. The van der Waals surface area contributed by atoms with Crippen molar-refractivity contribution in [2.24, 2.45) is 5.10 Å². The zero-order valence-corrected chi connectivity index (χ0v) is 18.0. The molecule has 5 nitrogen and oxygen atoms in total. The molecule has 0 aliphatic rings. The van der Waals surface area contributed by atoms with Gasteiger partial charge in [-0.25, -0.2) is 10.4 Å². The van der Waals surface area contributed by atoms with Crippen LogP contribution in [0.5, 0.6) is 0 Å². The predicted octanol–water partition coefficient (Wildman–Crippen LogP) is 5.83. The fraction of sp³-hybridized carbons (Fsp3) is 0.0417. The number of aromatic nitrogens is 2. The van der Waals surface area contributed by atoms with Gasteiger partial charge in [-0.05, 0) is 35.9 Å². The average Bonchev–Trinajstić information content (AvgIpc) is 3.42. The van der Waals surface area contributed by atoms with Gasteiger partial charge in [0.15, 0.2) is 4.34 Å². The molecule has 5 rings (SSSR count).